The summed E-state index contributed by atoms with van der Waals surface area (Å²) in [6.07, 6.45) is 5.54. The summed E-state index contributed by atoms with van der Waals surface area (Å²) in [5.74, 6) is 1.58. The highest BCUT2D eigenvalue weighted by atomic mass is 16.3. The maximum absolute atomic E-state index is 12.0. The van der Waals surface area contributed by atoms with Crippen molar-refractivity contribution in [3.05, 3.63) is 12.2 Å². The van der Waals surface area contributed by atoms with Gasteiger partial charge in [0.15, 0.2) is 5.78 Å². The summed E-state index contributed by atoms with van der Waals surface area (Å²) in [5.41, 5.74) is -0.867. The molecular weight excluding hydrogens is 200 g/mol. The maximum Gasteiger partial charge on any atom is 0.159 e. The molecule has 4 rings (SSSR count). The fourth-order valence-corrected chi connectivity index (χ4v) is 4.61. The summed E-state index contributed by atoms with van der Waals surface area (Å²) in [7, 11) is 0. The van der Waals surface area contributed by atoms with Crippen molar-refractivity contribution in [2.75, 3.05) is 0 Å². The molecule has 2 nitrogen and oxygen atoms in total. The molecule has 4 aliphatic rings. The average Bonchev–Trinajstić information content (AvgIpc) is 2.22. The third kappa shape index (κ3) is 0.874. The molecule has 0 aromatic carbocycles. The number of aliphatic hydroxyl groups is 1. The molecule has 4 bridgehead atoms. The van der Waals surface area contributed by atoms with Crippen LogP contribution in [0.1, 0.15) is 33.6 Å². The van der Waals surface area contributed by atoms with Gasteiger partial charge in [-0.05, 0) is 36.8 Å². The van der Waals surface area contributed by atoms with Gasteiger partial charge < -0.3 is 5.11 Å². The van der Waals surface area contributed by atoms with E-state index in [9.17, 15) is 9.90 Å². The van der Waals surface area contributed by atoms with Crippen molar-refractivity contribution in [1.29, 1.82) is 0 Å². The quantitative estimate of drug-likeness (QED) is 0.735. The summed E-state index contributed by atoms with van der Waals surface area (Å²) in [5, 5.41) is 10.8. The van der Waals surface area contributed by atoms with E-state index in [2.05, 4.69) is 20.8 Å². The van der Waals surface area contributed by atoms with E-state index in [4.69, 9.17) is 0 Å². The molecule has 3 fully saturated rings. The van der Waals surface area contributed by atoms with Gasteiger partial charge in [-0.3, -0.25) is 4.79 Å². The molecule has 0 aromatic heterocycles. The Labute approximate surface area is 96.7 Å². The van der Waals surface area contributed by atoms with Crippen molar-refractivity contribution in [3.63, 3.8) is 0 Å². The van der Waals surface area contributed by atoms with Crippen LogP contribution in [0, 0.1) is 29.1 Å². The largest absolute Gasteiger partial charge is 0.385 e. The van der Waals surface area contributed by atoms with Gasteiger partial charge in [-0.1, -0.05) is 20.8 Å². The van der Waals surface area contributed by atoms with E-state index in [0.29, 0.717) is 11.8 Å². The lowest BCUT2D eigenvalue weighted by Crippen LogP contribution is -2.76. The monoisotopic (exact) mass is 220 g/mol. The van der Waals surface area contributed by atoms with Crippen LogP contribution in [-0.2, 0) is 4.79 Å². The van der Waals surface area contributed by atoms with Crippen molar-refractivity contribution in [2.24, 2.45) is 29.1 Å². The lowest BCUT2D eigenvalue weighted by molar-refractivity contribution is -0.274. The van der Waals surface area contributed by atoms with Gasteiger partial charge in [0, 0.05) is 17.3 Å². The van der Waals surface area contributed by atoms with Crippen LogP contribution >= 0.6 is 0 Å². The molecule has 4 aliphatic carbocycles. The summed E-state index contributed by atoms with van der Waals surface area (Å²) >= 11 is 0. The normalized spacial score (nSPS) is 54.1. The molecule has 0 spiro atoms. The number of hydrogen-bond donors (Lipinski definition) is 1. The van der Waals surface area contributed by atoms with Gasteiger partial charge in [-0.2, -0.15) is 0 Å². The Morgan fingerprint density at radius 2 is 2.19 bits per heavy atom. The zero-order chi connectivity index (χ0) is 11.7. The highest BCUT2D eigenvalue weighted by Crippen LogP contribution is 2.71. The SMILES string of the molecule is CC(C)[C@@H]1CC[C@@]2(C)[C@@H]3C(=O)C=C[C@@]2(O)[C@@H]31. The van der Waals surface area contributed by atoms with Crippen LogP contribution in [0.25, 0.3) is 0 Å². The minimum absolute atomic E-state index is 0.0867. The second-order valence-corrected chi connectivity index (χ2v) is 6.43. The van der Waals surface area contributed by atoms with Gasteiger partial charge in [0.1, 0.15) is 0 Å². The number of carbonyl (C=O) groups is 1. The minimum Gasteiger partial charge on any atom is -0.385 e. The Morgan fingerprint density at radius 3 is 2.81 bits per heavy atom. The third-order valence-corrected chi connectivity index (χ3v) is 5.59. The van der Waals surface area contributed by atoms with Crippen molar-refractivity contribution >= 4 is 5.78 Å². The number of fused-ring (bicyclic) bond motifs is 2. The fourth-order valence-electron chi connectivity index (χ4n) is 4.61. The molecule has 0 amide bonds. The van der Waals surface area contributed by atoms with Crippen LogP contribution in [0.5, 0.6) is 0 Å². The number of carbonyl (C=O) groups excluding carboxylic acids is 1. The van der Waals surface area contributed by atoms with Crippen LogP contribution in [0.2, 0.25) is 0 Å². The third-order valence-electron chi connectivity index (χ3n) is 5.59. The van der Waals surface area contributed by atoms with E-state index in [1.165, 1.54) is 6.42 Å². The molecule has 1 N–H and O–H groups in total. The molecule has 16 heavy (non-hydrogen) atoms. The van der Waals surface area contributed by atoms with E-state index in [-0.39, 0.29) is 23.0 Å². The molecule has 0 aromatic rings. The van der Waals surface area contributed by atoms with Crippen LogP contribution in [0.4, 0.5) is 0 Å². The molecule has 0 unspecified atom stereocenters. The Morgan fingerprint density at radius 1 is 1.50 bits per heavy atom. The first-order valence-corrected chi connectivity index (χ1v) is 6.37. The zero-order valence-electron chi connectivity index (χ0n) is 10.2. The highest BCUT2D eigenvalue weighted by Gasteiger charge is 2.75. The van der Waals surface area contributed by atoms with Gasteiger partial charge in [0.2, 0.25) is 0 Å². The van der Waals surface area contributed by atoms with Crippen molar-refractivity contribution in [1.82, 2.24) is 0 Å². The lowest BCUT2D eigenvalue weighted by Gasteiger charge is -2.71. The first-order valence-electron chi connectivity index (χ1n) is 6.37. The topological polar surface area (TPSA) is 37.3 Å². The standard InChI is InChI=1S/C14H20O2/c1-8(2)9-4-6-13(3)12-10(15)5-7-14(13,16)11(9)12/h5,7-9,11-12,16H,4,6H2,1-3H3/t9-,11+,12+,13-,14+/m0/s1. The van der Waals surface area contributed by atoms with Gasteiger partial charge in [0.05, 0.1) is 5.60 Å². The van der Waals surface area contributed by atoms with Crippen LogP contribution in [0.3, 0.4) is 0 Å². The maximum atomic E-state index is 12.0. The molecule has 0 heterocycles. The Bertz CT molecular complexity index is 384. The van der Waals surface area contributed by atoms with E-state index in [1.54, 1.807) is 12.2 Å². The molecule has 0 saturated heterocycles. The number of ketones is 1. The number of allylic oxidation sites excluding steroid dienone is 1. The molecular formula is C14H20O2. The Balaban J connectivity index is 2.06. The first-order chi connectivity index (χ1) is 7.42. The Hall–Kier alpha value is -0.630. The summed E-state index contributed by atoms with van der Waals surface area (Å²) < 4.78 is 0. The van der Waals surface area contributed by atoms with Crippen LogP contribution in [0.15, 0.2) is 12.2 Å². The van der Waals surface area contributed by atoms with E-state index in [0.717, 1.165) is 6.42 Å². The van der Waals surface area contributed by atoms with E-state index >= 15 is 0 Å². The first kappa shape index (κ1) is 10.5. The fraction of sp³-hybridized carbons (Fsp3) is 0.786. The second kappa shape index (κ2) is 2.79. The van der Waals surface area contributed by atoms with Crippen molar-refractivity contribution in [3.8, 4) is 0 Å². The molecule has 3 saturated carbocycles. The molecule has 0 aliphatic heterocycles. The van der Waals surface area contributed by atoms with E-state index < -0.39 is 5.60 Å². The Kier molecular flexibility index (Phi) is 1.83. The lowest BCUT2D eigenvalue weighted by atomic mass is 9.33. The van der Waals surface area contributed by atoms with Gasteiger partial charge in [-0.15, -0.1) is 0 Å². The summed E-state index contributed by atoms with van der Waals surface area (Å²) in [4.78, 5) is 12.0. The summed E-state index contributed by atoms with van der Waals surface area (Å²) in [6.45, 7) is 6.50. The highest BCUT2D eigenvalue weighted by molar-refractivity contribution is 5.96. The predicted octanol–water partition coefficient (Wildman–Crippen LogP) is 2.17. The van der Waals surface area contributed by atoms with Crippen molar-refractivity contribution < 1.29 is 9.90 Å². The number of rotatable bonds is 1. The predicted molar refractivity (Wildman–Crippen MR) is 61.7 cm³/mol. The average molecular weight is 220 g/mol. The molecule has 5 atom stereocenters. The zero-order valence-corrected chi connectivity index (χ0v) is 10.2. The van der Waals surface area contributed by atoms with Crippen LogP contribution < -0.4 is 0 Å². The number of hydrogen-bond acceptors (Lipinski definition) is 2. The van der Waals surface area contributed by atoms with Gasteiger partial charge >= 0.3 is 0 Å². The van der Waals surface area contributed by atoms with Gasteiger partial charge in [0.25, 0.3) is 0 Å². The van der Waals surface area contributed by atoms with Gasteiger partial charge in [-0.25, -0.2) is 0 Å². The second-order valence-electron chi connectivity index (χ2n) is 6.43. The minimum atomic E-state index is -0.696. The molecule has 0 radical (unpaired) electrons. The molecule has 2 heteroatoms. The van der Waals surface area contributed by atoms with E-state index in [1.807, 2.05) is 0 Å². The molecule has 88 valence electrons. The van der Waals surface area contributed by atoms with Crippen LogP contribution in [-0.4, -0.2) is 16.5 Å². The summed E-state index contributed by atoms with van der Waals surface area (Å²) in [6, 6.07) is 0. The smallest absolute Gasteiger partial charge is 0.159 e. The van der Waals surface area contributed by atoms with Crippen molar-refractivity contribution in [2.45, 2.75) is 39.2 Å².